The van der Waals surface area contributed by atoms with Crippen LogP contribution in [-0.4, -0.2) is 40.8 Å². The summed E-state index contributed by atoms with van der Waals surface area (Å²) < 4.78 is 12.2. The SMILES string of the molecule is CCCc1c(C(=O)OCC)nnn1CC1CCOC1. The zero-order valence-corrected chi connectivity index (χ0v) is 11.6. The standard InChI is InChI=1S/C13H21N3O3/c1-3-5-11-12(13(17)19-4-2)14-15-16(11)8-10-6-7-18-9-10/h10H,3-9H2,1-2H3. The van der Waals surface area contributed by atoms with E-state index in [0.29, 0.717) is 18.2 Å². The molecule has 0 aliphatic carbocycles. The van der Waals surface area contributed by atoms with Crippen molar-refractivity contribution in [1.82, 2.24) is 15.0 Å². The molecule has 0 amide bonds. The van der Waals surface area contributed by atoms with E-state index in [1.54, 1.807) is 6.92 Å². The first-order chi connectivity index (χ1) is 9.26. The first-order valence-corrected chi connectivity index (χ1v) is 6.93. The number of esters is 1. The summed E-state index contributed by atoms with van der Waals surface area (Å²) in [6.45, 7) is 6.56. The summed E-state index contributed by atoms with van der Waals surface area (Å²) in [5.41, 5.74) is 1.25. The molecular formula is C13H21N3O3. The third-order valence-corrected chi connectivity index (χ3v) is 3.25. The molecule has 6 heteroatoms. The molecule has 1 fully saturated rings. The fourth-order valence-corrected chi connectivity index (χ4v) is 2.29. The van der Waals surface area contributed by atoms with E-state index in [1.165, 1.54) is 0 Å². The van der Waals surface area contributed by atoms with E-state index in [-0.39, 0.29) is 5.97 Å². The molecule has 1 aromatic heterocycles. The van der Waals surface area contributed by atoms with Gasteiger partial charge in [0.05, 0.1) is 18.9 Å². The van der Waals surface area contributed by atoms with Gasteiger partial charge in [0.25, 0.3) is 0 Å². The fourth-order valence-electron chi connectivity index (χ4n) is 2.29. The summed E-state index contributed by atoms with van der Waals surface area (Å²) in [7, 11) is 0. The van der Waals surface area contributed by atoms with Crippen molar-refractivity contribution in [3.05, 3.63) is 11.4 Å². The molecule has 2 heterocycles. The van der Waals surface area contributed by atoms with Crippen molar-refractivity contribution in [3.63, 3.8) is 0 Å². The van der Waals surface area contributed by atoms with Crippen molar-refractivity contribution < 1.29 is 14.3 Å². The van der Waals surface area contributed by atoms with Gasteiger partial charge in [-0.3, -0.25) is 0 Å². The van der Waals surface area contributed by atoms with Gasteiger partial charge in [-0.2, -0.15) is 0 Å². The van der Waals surface area contributed by atoms with E-state index in [1.807, 2.05) is 4.68 Å². The largest absolute Gasteiger partial charge is 0.461 e. The highest BCUT2D eigenvalue weighted by Crippen LogP contribution is 2.17. The molecule has 2 rings (SSSR count). The first kappa shape index (κ1) is 14.0. The van der Waals surface area contributed by atoms with Crippen LogP contribution in [0.15, 0.2) is 0 Å². The van der Waals surface area contributed by atoms with E-state index in [9.17, 15) is 4.79 Å². The Kier molecular flexibility index (Phi) is 4.90. The number of ether oxygens (including phenoxy) is 2. The van der Waals surface area contributed by atoms with Gasteiger partial charge in [0.2, 0.25) is 0 Å². The maximum Gasteiger partial charge on any atom is 0.360 e. The van der Waals surface area contributed by atoms with Gasteiger partial charge in [-0.15, -0.1) is 5.10 Å². The Morgan fingerprint density at radius 3 is 3.00 bits per heavy atom. The highest BCUT2D eigenvalue weighted by molar-refractivity contribution is 5.88. The normalized spacial score (nSPS) is 18.7. The van der Waals surface area contributed by atoms with Gasteiger partial charge in [-0.1, -0.05) is 18.6 Å². The fraction of sp³-hybridized carbons (Fsp3) is 0.769. The third kappa shape index (κ3) is 3.32. The maximum absolute atomic E-state index is 11.8. The summed E-state index contributed by atoms with van der Waals surface area (Å²) in [4.78, 5) is 11.8. The summed E-state index contributed by atoms with van der Waals surface area (Å²) in [5.74, 6) is 0.0900. The second kappa shape index (κ2) is 6.65. The van der Waals surface area contributed by atoms with E-state index in [2.05, 4.69) is 17.2 Å². The number of nitrogens with zero attached hydrogens (tertiary/aromatic N) is 3. The van der Waals surface area contributed by atoms with Crippen molar-refractivity contribution in [2.75, 3.05) is 19.8 Å². The van der Waals surface area contributed by atoms with Crippen LogP contribution in [0, 0.1) is 5.92 Å². The zero-order chi connectivity index (χ0) is 13.7. The van der Waals surface area contributed by atoms with Crippen LogP contribution < -0.4 is 0 Å². The molecule has 0 saturated carbocycles. The summed E-state index contributed by atoms with van der Waals surface area (Å²) in [6, 6.07) is 0. The molecular weight excluding hydrogens is 246 g/mol. The van der Waals surface area contributed by atoms with E-state index in [4.69, 9.17) is 9.47 Å². The van der Waals surface area contributed by atoms with Crippen molar-refractivity contribution in [2.45, 2.75) is 39.7 Å². The van der Waals surface area contributed by atoms with Crippen LogP contribution in [0.1, 0.15) is 42.9 Å². The van der Waals surface area contributed by atoms with Crippen molar-refractivity contribution in [1.29, 1.82) is 0 Å². The summed E-state index contributed by atoms with van der Waals surface area (Å²) in [5, 5.41) is 8.10. The molecule has 19 heavy (non-hydrogen) atoms. The van der Waals surface area contributed by atoms with Crippen LogP contribution in [-0.2, 0) is 22.4 Å². The Morgan fingerprint density at radius 2 is 2.37 bits per heavy atom. The van der Waals surface area contributed by atoms with Crippen LogP contribution in [0.5, 0.6) is 0 Å². The molecule has 0 radical (unpaired) electrons. The van der Waals surface area contributed by atoms with Crippen LogP contribution in [0.4, 0.5) is 0 Å². The van der Waals surface area contributed by atoms with Gasteiger partial charge in [0, 0.05) is 19.1 Å². The highest BCUT2D eigenvalue weighted by Gasteiger charge is 2.23. The molecule has 1 saturated heterocycles. The Labute approximate surface area is 113 Å². The molecule has 1 aromatic rings. The molecule has 1 aliphatic rings. The number of rotatable bonds is 6. The number of carbonyl (C=O) groups excluding carboxylic acids is 1. The van der Waals surface area contributed by atoms with Gasteiger partial charge < -0.3 is 9.47 Å². The van der Waals surface area contributed by atoms with Gasteiger partial charge in [0.15, 0.2) is 5.69 Å². The predicted molar refractivity (Wildman–Crippen MR) is 68.9 cm³/mol. The summed E-state index contributed by atoms with van der Waals surface area (Å²) >= 11 is 0. The molecule has 1 atom stereocenters. The van der Waals surface area contributed by atoms with Crippen molar-refractivity contribution in [3.8, 4) is 0 Å². The molecule has 0 spiro atoms. The minimum absolute atomic E-state index is 0.355. The van der Waals surface area contributed by atoms with Gasteiger partial charge in [-0.25, -0.2) is 9.48 Å². The van der Waals surface area contributed by atoms with Gasteiger partial charge in [-0.05, 0) is 19.8 Å². The second-order valence-electron chi connectivity index (χ2n) is 4.77. The lowest BCUT2D eigenvalue weighted by molar-refractivity contribution is 0.0518. The molecule has 106 valence electrons. The Bertz CT molecular complexity index is 425. The molecule has 0 bridgehead atoms. The van der Waals surface area contributed by atoms with Gasteiger partial charge >= 0.3 is 5.97 Å². The van der Waals surface area contributed by atoms with E-state index in [0.717, 1.165) is 44.7 Å². The zero-order valence-electron chi connectivity index (χ0n) is 11.6. The van der Waals surface area contributed by atoms with Crippen molar-refractivity contribution >= 4 is 5.97 Å². The van der Waals surface area contributed by atoms with Crippen molar-refractivity contribution in [2.24, 2.45) is 5.92 Å². The number of carbonyl (C=O) groups is 1. The number of aromatic nitrogens is 3. The first-order valence-electron chi connectivity index (χ1n) is 6.93. The quantitative estimate of drug-likeness (QED) is 0.730. The van der Waals surface area contributed by atoms with Crippen LogP contribution in [0.2, 0.25) is 0 Å². The second-order valence-corrected chi connectivity index (χ2v) is 4.77. The molecule has 1 unspecified atom stereocenters. The lowest BCUT2D eigenvalue weighted by Gasteiger charge is -2.10. The Balaban J connectivity index is 2.15. The predicted octanol–water partition coefficient (Wildman–Crippen LogP) is 1.44. The maximum atomic E-state index is 11.8. The van der Waals surface area contributed by atoms with Crippen LogP contribution in [0.3, 0.4) is 0 Å². The molecule has 6 nitrogen and oxygen atoms in total. The monoisotopic (exact) mass is 267 g/mol. The summed E-state index contributed by atoms with van der Waals surface area (Å²) in [6.07, 6.45) is 2.77. The Morgan fingerprint density at radius 1 is 1.53 bits per heavy atom. The third-order valence-electron chi connectivity index (χ3n) is 3.25. The number of hydrogen-bond acceptors (Lipinski definition) is 5. The minimum atomic E-state index is -0.375. The average molecular weight is 267 g/mol. The lowest BCUT2D eigenvalue weighted by atomic mass is 10.1. The molecule has 0 N–H and O–H groups in total. The van der Waals surface area contributed by atoms with Crippen LogP contribution in [0.25, 0.3) is 0 Å². The lowest BCUT2D eigenvalue weighted by Crippen LogP contribution is -2.16. The molecule has 0 aromatic carbocycles. The minimum Gasteiger partial charge on any atom is -0.461 e. The topological polar surface area (TPSA) is 66.2 Å². The van der Waals surface area contributed by atoms with E-state index >= 15 is 0 Å². The highest BCUT2D eigenvalue weighted by atomic mass is 16.5. The average Bonchev–Trinajstić information content (AvgIpc) is 3.02. The number of hydrogen-bond donors (Lipinski definition) is 0. The molecule has 1 aliphatic heterocycles. The van der Waals surface area contributed by atoms with Crippen LogP contribution >= 0.6 is 0 Å². The van der Waals surface area contributed by atoms with E-state index < -0.39 is 0 Å². The smallest absolute Gasteiger partial charge is 0.360 e. The van der Waals surface area contributed by atoms with Gasteiger partial charge in [0.1, 0.15) is 0 Å². The Hall–Kier alpha value is -1.43.